The summed E-state index contributed by atoms with van der Waals surface area (Å²) in [5.74, 6) is 0.479. The van der Waals surface area contributed by atoms with Crippen molar-refractivity contribution < 1.29 is 13.2 Å². The Labute approximate surface area is 190 Å². The summed E-state index contributed by atoms with van der Waals surface area (Å²) in [4.78, 5) is 17.3. The number of nitrogens with one attached hydrogen (secondary N) is 1. The molecule has 0 aliphatic carbocycles. The summed E-state index contributed by atoms with van der Waals surface area (Å²) in [5.41, 5.74) is 4.35. The number of anilines is 2. The van der Waals surface area contributed by atoms with Crippen LogP contribution in [0.2, 0.25) is 0 Å². The molecule has 8 heteroatoms. The highest BCUT2D eigenvalue weighted by Gasteiger charge is 2.27. The van der Waals surface area contributed by atoms with Crippen LogP contribution in [-0.4, -0.2) is 51.2 Å². The molecule has 170 valence electrons. The van der Waals surface area contributed by atoms with Crippen molar-refractivity contribution >= 4 is 33.1 Å². The topological polar surface area (TPSA) is 82.1 Å². The number of hydrogen-bond acceptors (Lipinski definition) is 5. The molecule has 2 aromatic carbocycles. The molecule has 1 saturated heterocycles. The first-order chi connectivity index (χ1) is 15.2. The van der Waals surface area contributed by atoms with Gasteiger partial charge in [-0.25, -0.2) is 0 Å². The van der Waals surface area contributed by atoms with Crippen molar-refractivity contribution in [2.45, 2.75) is 38.5 Å². The van der Waals surface area contributed by atoms with Gasteiger partial charge in [0.1, 0.15) is 10.7 Å². The second-order valence-electron chi connectivity index (χ2n) is 8.73. The Balaban J connectivity index is 1.32. The maximum atomic E-state index is 12.9. The number of benzene rings is 2. The van der Waals surface area contributed by atoms with Crippen molar-refractivity contribution in [3.05, 3.63) is 53.6 Å². The highest BCUT2D eigenvalue weighted by Crippen LogP contribution is 2.28. The molecule has 7 nitrogen and oxygen atoms in total. The molecular weight excluding hydrogens is 424 g/mol. The first-order valence-electron chi connectivity index (χ1n) is 11.0. The van der Waals surface area contributed by atoms with Gasteiger partial charge in [-0.15, -0.1) is 4.40 Å². The Morgan fingerprint density at radius 2 is 1.78 bits per heavy atom. The monoisotopic (exact) mass is 454 g/mol. The molecule has 2 heterocycles. The van der Waals surface area contributed by atoms with E-state index in [2.05, 4.69) is 46.7 Å². The van der Waals surface area contributed by atoms with Crippen LogP contribution in [0.3, 0.4) is 0 Å². The van der Waals surface area contributed by atoms with E-state index in [1.807, 2.05) is 11.8 Å². The van der Waals surface area contributed by atoms with E-state index in [0.717, 1.165) is 13.1 Å². The van der Waals surface area contributed by atoms with E-state index in [1.165, 1.54) is 16.8 Å². The van der Waals surface area contributed by atoms with Gasteiger partial charge in [0.15, 0.2) is 0 Å². The van der Waals surface area contributed by atoms with Crippen LogP contribution in [0.4, 0.5) is 11.4 Å². The summed E-state index contributed by atoms with van der Waals surface area (Å²) in [5, 5.41) is 3.11. The van der Waals surface area contributed by atoms with Crippen molar-refractivity contribution in [2.24, 2.45) is 10.3 Å². The minimum Gasteiger partial charge on any atom is -0.368 e. The highest BCUT2D eigenvalue weighted by atomic mass is 32.2. The quantitative estimate of drug-likeness (QED) is 0.747. The second kappa shape index (κ2) is 8.94. The third-order valence-electron chi connectivity index (χ3n) is 6.29. The number of amidine groups is 1. The number of nitrogens with zero attached hydrogens (tertiary/aromatic N) is 3. The van der Waals surface area contributed by atoms with Crippen molar-refractivity contribution in [2.75, 3.05) is 36.4 Å². The summed E-state index contributed by atoms with van der Waals surface area (Å²) in [7, 11) is -3.70. The number of carbonyl (C=O) groups excluding carboxylic acids is 1. The Morgan fingerprint density at radius 1 is 1.06 bits per heavy atom. The number of amides is 1. The number of rotatable bonds is 5. The van der Waals surface area contributed by atoms with E-state index >= 15 is 0 Å². The fraction of sp³-hybridized carbons (Fsp3) is 0.417. The molecule has 1 N–H and O–H groups in total. The minimum absolute atomic E-state index is 0.0220. The SMILES string of the molecule is Cc1cccc(N2CCN(C(=O)C[C@@H](C)CC3=NS(=O)(=O)c4ccccc4N3)CC2)c1C. The summed E-state index contributed by atoms with van der Waals surface area (Å²) < 4.78 is 28.8. The molecule has 4 rings (SSSR count). The normalized spacial score (nSPS) is 18.4. The van der Waals surface area contributed by atoms with Crippen LogP contribution in [0.1, 0.15) is 30.9 Å². The number of piperazine rings is 1. The number of para-hydroxylation sites is 1. The van der Waals surface area contributed by atoms with Crippen molar-refractivity contribution in [1.82, 2.24) is 4.90 Å². The first-order valence-corrected chi connectivity index (χ1v) is 12.5. The summed E-state index contributed by atoms with van der Waals surface area (Å²) >= 11 is 0. The average Bonchev–Trinajstić information content (AvgIpc) is 2.75. The maximum absolute atomic E-state index is 12.9. The fourth-order valence-corrected chi connectivity index (χ4v) is 5.52. The number of carbonyl (C=O) groups is 1. The molecule has 0 radical (unpaired) electrons. The van der Waals surface area contributed by atoms with E-state index in [-0.39, 0.29) is 16.7 Å². The molecule has 0 bridgehead atoms. The molecule has 0 saturated carbocycles. The van der Waals surface area contributed by atoms with E-state index < -0.39 is 10.0 Å². The van der Waals surface area contributed by atoms with Gasteiger partial charge in [0.25, 0.3) is 10.0 Å². The molecule has 1 atom stereocenters. The van der Waals surface area contributed by atoms with Crippen molar-refractivity contribution in [3.8, 4) is 0 Å². The van der Waals surface area contributed by atoms with Crippen LogP contribution >= 0.6 is 0 Å². The summed E-state index contributed by atoms with van der Waals surface area (Å²) in [6.07, 6.45) is 0.771. The summed E-state index contributed by atoms with van der Waals surface area (Å²) in [6, 6.07) is 13.1. The standard InChI is InChI=1S/C24H30N4O3S/c1-17(15-23-25-20-8-4-5-10-22(20)32(30,31)26-23)16-24(29)28-13-11-27(12-14-28)21-9-6-7-18(2)19(21)3/h4-10,17H,11-16H2,1-3H3,(H,25,26)/t17-/m0/s1. The molecule has 2 aromatic rings. The van der Waals surface area contributed by atoms with Gasteiger partial charge in [-0.2, -0.15) is 8.42 Å². The van der Waals surface area contributed by atoms with Crippen molar-refractivity contribution in [3.63, 3.8) is 0 Å². The van der Waals surface area contributed by atoms with Crippen LogP contribution in [0.25, 0.3) is 0 Å². The van der Waals surface area contributed by atoms with E-state index in [1.54, 1.807) is 24.3 Å². The van der Waals surface area contributed by atoms with Crippen LogP contribution in [-0.2, 0) is 14.8 Å². The number of fused-ring (bicyclic) bond motifs is 1. The van der Waals surface area contributed by atoms with E-state index in [9.17, 15) is 13.2 Å². The molecular formula is C24H30N4O3S. The molecule has 1 amide bonds. The zero-order valence-electron chi connectivity index (χ0n) is 18.8. The minimum atomic E-state index is -3.70. The second-order valence-corrected chi connectivity index (χ2v) is 10.3. The Kier molecular flexibility index (Phi) is 6.24. The number of aryl methyl sites for hydroxylation is 1. The lowest BCUT2D eigenvalue weighted by atomic mass is 10.0. The third kappa shape index (κ3) is 4.65. The zero-order chi connectivity index (χ0) is 22.9. The average molecular weight is 455 g/mol. The molecule has 2 aliphatic heterocycles. The molecule has 32 heavy (non-hydrogen) atoms. The lowest BCUT2D eigenvalue weighted by Gasteiger charge is -2.37. The Morgan fingerprint density at radius 3 is 2.53 bits per heavy atom. The predicted molar refractivity (Wildman–Crippen MR) is 128 cm³/mol. The fourth-order valence-electron chi connectivity index (χ4n) is 4.36. The summed E-state index contributed by atoms with van der Waals surface area (Å²) in [6.45, 7) is 9.24. The number of sulfonamides is 1. The Bertz CT molecular complexity index is 1150. The lowest BCUT2D eigenvalue weighted by Crippen LogP contribution is -2.49. The van der Waals surface area contributed by atoms with Crippen LogP contribution in [0.5, 0.6) is 0 Å². The molecule has 0 unspecified atom stereocenters. The van der Waals surface area contributed by atoms with Gasteiger partial charge < -0.3 is 15.1 Å². The van der Waals surface area contributed by atoms with Crippen molar-refractivity contribution in [1.29, 1.82) is 0 Å². The molecule has 2 aliphatic rings. The van der Waals surface area contributed by atoms with Gasteiger partial charge in [0, 0.05) is 44.7 Å². The van der Waals surface area contributed by atoms with Crippen LogP contribution in [0, 0.1) is 19.8 Å². The van der Waals surface area contributed by atoms with Gasteiger partial charge in [-0.05, 0) is 49.1 Å². The van der Waals surface area contributed by atoms with Gasteiger partial charge in [0.05, 0.1) is 5.69 Å². The Hall–Kier alpha value is -2.87. The van der Waals surface area contributed by atoms with Crippen LogP contribution < -0.4 is 10.2 Å². The third-order valence-corrected chi connectivity index (χ3v) is 7.66. The first kappa shape index (κ1) is 22.3. The van der Waals surface area contributed by atoms with Gasteiger partial charge >= 0.3 is 0 Å². The van der Waals surface area contributed by atoms with E-state index in [4.69, 9.17) is 0 Å². The zero-order valence-corrected chi connectivity index (χ0v) is 19.7. The molecule has 0 aromatic heterocycles. The lowest BCUT2D eigenvalue weighted by molar-refractivity contribution is -0.132. The van der Waals surface area contributed by atoms with Crippen LogP contribution in [0.15, 0.2) is 51.8 Å². The van der Waals surface area contributed by atoms with Gasteiger partial charge in [-0.1, -0.05) is 31.2 Å². The molecule has 0 spiro atoms. The predicted octanol–water partition coefficient (Wildman–Crippen LogP) is 3.58. The van der Waals surface area contributed by atoms with Gasteiger partial charge in [0.2, 0.25) is 5.91 Å². The van der Waals surface area contributed by atoms with E-state index in [0.29, 0.717) is 37.5 Å². The van der Waals surface area contributed by atoms with Gasteiger partial charge in [-0.3, -0.25) is 4.79 Å². The molecule has 1 fully saturated rings. The largest absolute Gasteiger partial charge is 0.368 e. The maximum Gasteiger partial charge on any atom is 0.286 e. The number of hydrogen-bond donors (Lipinski definition) is 1. The highest BCUT2D eigenvalue weighted by molar-refractivity contribution is 7.90. The smallest absolute Gasteiger partial charge is 0.286 e.